The van der Waals surface area contributed by atoms with Crippen molar-refractivity contribution in [1.82, 2.24) is 25.4 Å². The van der Waals surface area contributed by atoms with Crippen LogP contribution in [-0.2, 0) is 0 Å². The van der Waals surface area contributed by atoms with E-state index in [-0.39, 0.29) is 0 Å². The van der Waals surface area contributed by atoms with Gasteiger partial charge in [0.2, 0.25) is 0 Å². The minimum atomic E-state index is 0.302. The Kier molecular flexibility index (Phi) is 2.90. The van der Waals surface area contributed by atoms with Crippen molar-refractivity contribution in [1.29, 1.82) is 0 Å². The summed E-state index contributed by atoms with van der Waals surface area (Å²) in [5, 5.41) is 3.59. The Morgan fingerprint density at radius 2 is 2.14 bits per heavy atom. The fourth-order valence-corrected chi connectivity index (χ4v) is 3.35. The minimum Gasteiger partial charge on any atom is -0.353 e. The van der Waals surface area contributed by atoms with Gasteiger partial charge in [-0.05, 0) is 32.8 Å². The van der Waals surface area contributed by atoms with Crippen LogP contribution in [0.4, 0.5) is 5.82 Å². The number of rotatable bonds is 3. The zero-order chi connectivity index (χ0) is 14.4. The first-order valence-electron chi connectivity index (χ1n) is 7.75. The van der Waals surface area contributed by atoms with Crippen LogP contribution in [-0.4, -0.2) is 51.2 Å². The normalized spacial score (nSPS) is 21.6. The van der Waals surface area contributed by atoms with E-state index in [1.165, 1.54) is 12.8 Å². The maximum atomic E-state index is 4.54. The summed E-state index contributed by atoms with van der Waals surface area (Å²) in [6.45, 7) is 7.49. The Bertz CT molecular complexity index is 644. The first-order valence-corrected chi connectivity index (χ1v) is 7.75. The molecule has 2 aliphatic rings. The zero-order valence-electron chi connectivity index (χ0n) is 12.6. The molecule has 2 aromatic heterocycles. The van der Waals surface area contributed by atoms with Crippen molar-refractivity contribution in [3.05, 3.63) is 18.6 Å². The van der Waals surface area contributed by atoms with E-state index in [1.54, 1.807) is 6.33 Å². The molecule has 0 unspecified atom stereocenters. The summed E-state index contributed by atoms with van der Waals surface area (Å²) < 4.78 is 0. The van der Waals surface area contributed by atoms with Gasteiger partial charge in [0.25, 0.3) is 0 Å². The quantitative estimate of drug-likeness (QED) is 0.896. The third-order valence-corrected chi connectivity index (χ3v) is 4.52. The maximum absolute atomic E-state index is 4.54. The van der Waals surface area contributed by atoms with Gasteiger partial charge in [-0.3, -0.25) is 5.43 Å². The van der Waals surface area contributed by atoms with E-state index in [1.807, 2.05) is 6.20 Å². The highest BCUT2D eigenvalue weighted by Crippen LogP contribution is 2.44. The van der Waals surface area contributed by atoms with Gasteiger partial charge in [-0.15, -0.1) is 0 Å². The monoisotopic (exact) mass is 286 g/mol. The van der Waals surface area contributed by atoms with Crippen molar-refractivity contribution < 1.29 is 0 Å². The molecule has 1 saturated carbocycles. The summed E-state index contributed by atoms with van der Waals surface area (Å²) >= 11 is 0. The molecule has 0 bridgehead atoms. The molecular weight excluding hydrogens is 264 g/mol. The summed E-state index contributed by atoms with van der Waals surface area (Å²) in [5.74, 6) is 1.07. The van der Waals surface area contributed by atoms with E-state index in [4.69, 9.17) is 0 Å². The molecule has 6 heteroatoms. The molecule has 21 heavy (non-hydrogen) atoms. The molecule has 1 saturated heterocycles. The third-order valence-electron chi connectivity index (χ3n) is 4.52. The molecule has 0 radical (unpaired) electrons. The van der Waals surface area contributed by atoms with E-state index in [9.17, 15) is 0 Å². The van der Waals surface area contributed by atoms with Crippen molar-refractivity contribution in [3.63, 3.8) is 0 Å². The fraction of sp³-hybridized carbons (Fsp3) is 0.600. The highest BCUT2D eigenvalue weighted by Gasteiger charge is 2.51. The highest BCUT2D eigenvalue weighted by atomic mass is 15.6. The summed E-state index contributed by atoms with van der Waals surface area (Å²) in [6, 6.07) is 2.56. The van der Waals surface area contributed by atoms with Gasteiger partial charge >= 0.3 is 0 Å². The van der Waals surface area contributed by atoms with E-state index in [0.717, 1.165) is 36.5 Å². The average molecular weight is 286 g/mol. The number of piperazine rings is 1. The molecule has 0 amide bonds. The van der Waals surface area contributed by atoms with Crippen molar-refractivity contribution in [2.45, 2.75) is 38.3 Å². The van der Waals surface area contributed by atoms with Crippen molar-refractivity contribution >= 4 is 16.9 Å². The molecule has 6 nitrogen and oxygen atoms in total. The first-order chi connectivity index (χ1) is 10.2. The second kappa shape index (κ2) is 4.68. The smallest absolute Gasteiger partial charge is 0.142 e. The third kappa shape index (κ3) is 2.18. The lowest BCUT2D eigenvalue weighted by Gasteiger charge is -2.43. The largest absolute Gasteiger partial charge is 0.353 e. The number of aromatic nitrogens is 3. The fourth-order valence-electron chi connectivity index (χ4n) is 3.35. The molecule has 2 fully saturated rings. The summed E-state index contributed by atoms with van der Waals surface area (Å²) in [6.07, 6.45) is 6.13. The Morgan fingerprint density at radius 1 is 1.29 bits per heavy atom. The molecular formula is C15H22N6. The molecule has 0 atom stereocenters. The van der Waals surface area contributed by atoms with E-state index in [2.05, 4.69) is 50.2 Å². The number of hydrogen-bond acceptors (Lipinski definition) is 5. The van der Waals surface area contributed by atoms with Gasteiger partial charge in [0, 0.05) is 31.9 Å². The number of hydrogen-bond donors (Lipinski definition) is 2. The maximum Gasteiger partial charge on any atom is 0.142 e. The van der Waals surface area contributed by atoms with Crippen LogP contribution in [0.3, 0.4) is 0 Å². The lowest BCUT2D eigenvalue weighted by Crippen LogP contribution is -2.61. The Hall–Kier alpha value is -1.66. The molecule has 112 valence electrons. The lowest BCUT2D eigenvalue weighted by molar-refractivity contribution is 0.0779. The number of nitrogens with one attached hydrogen (secondary N) is 2. The second-order valence-electron chi connectivity index (χ2n) is 6.52. The SMILES string of the molecule is CC(C)NN1CCN(c2ncnc3[nH]ccc23)CC12CC2. The Balaban J connectivity index is 1.60. The number of H-pyrrole nitrogens is 1. The number of fused-ring (bicyclic) bond motifs is 1. The molecule has 1 aliphatic carbocycles. The number of nitrogens with zero attached hydrogens (tertiary/aromatic N) is 4. The van der Waals surface area contributed by atoms with Crippen LogP contribution >= 0.6 is 0 Å². The average Bonchev–Trinajstić information content (AvgIpc) is 3.05. The van der Waals surface area contributed by atoms with Crippen LogP contribution in [0.25, 0.3) is 11.0 Å². The van der Waals surface area contributed by atoms with Crippen LogP contribution in [0.15, 0.2) is 18.6 Å². The number of anilines is 1. The van der Waals surface area contributed by atoms with E-state index >= 15 is 0 Å². The molecule has 2 aromatic rings. The van der Waals surface area contributed by atoms with Crippen LogP contribution < -0.4 is 10.3 Å². The van der Waals surface area contributed by atoms with Gasteiger partial charge in [-0.25, -0.2) is 15.0 Å². The standard InChI is InChI=1S/C15H22N6/c1-11(2)19-21-8-7-20(9-15(21)4-5-15)14-12-3-6-16-13(12)17-10-18-14/h3,6,10-11,19H,4-5,7-9H2,1-2H3,(H,16,17,18). The summed E-state index contributed by atoms with van der Waals surface area (Å²) in [5.41, 5.74) is 4.83. The number of aromatic amines is 1. The van der Waals surface area contributed by atoms with Crippen LogP contribution in [0.5, 0.6) is 0 Å². The highest BCUT2D eigenvalue weighted by molar-refractivity contribution is 5.87. The minimum absolute atomic E-state index is 0.302. The molecule has 1 aliphatic heterocycles. The van der Waals surface area contributed by atoms with Crippen molar-refractivity contribution in [2.75, 3.05) is 24.5 Å². The van der Waals surface area contributed by atoms with E-state index < -0.39 is 0 Å². The van der Waals surface area contributed by atoms with Crippen LogP contribution in [0.1, 0.15) is 26.7 Å². The van der Waals surface area contributed by atoms with Gasteiger partial charge < -0.3 is 9.88 Å². The van der Waals surface area contributed by atoms with Crippen molar-refractivity contribution in [2.24, 2.45) is 0 Å². The topological polar surface area (TPSA) is 60.1 Å². The lowest BCUT2D eigenvalue weighted by atomic mass is 10.1. The van der Waals surface area contributed by atoms with Gasteiger partial charge in [0.15, 0.2) is 0 Å². The zero-order valence-corrected chi connectivity index (χ0v) is 12.6. The molecule has 0 aromatic carbocycles. The van der Waals surface area contributed by atoms with Crippen molar-refractivity contribution in [3.8, 4) is 0 Å². The molecule has 4 rings (SSSR count). The molecule has 2 N–H and O–H groups in total. The summed E-state index contributed by atoms with van der Waals surface area (Å²) in [4.78, 5) is 14.4. The van der Waals surface area contributed by atoms with E-state index in [0.29, 0.717) is 11.6 Å². The van der Waals surface area contributed by atoms with Gasteiger partial charge in [0.05, 0.1) is 10.9 Å². The van der Waals surface area contributed by atoms with Gasteiger partial charge in [-0.1, -0.05) is 0 Å². The predicted octanol–water partition coefficient (Wildman–Crippen LogP) is 1.53. The first kappa shape index (κ1) is 13.0. The Morgan fingerprint density at radius 3 is 2.90 bits per heavy atom. The molecule has 3 heterocycles. The van der Waals surface area contributed by atoms with Crippen LogP contribution in [0.2, 0.25) is 0 Å². The predicted molar refractivity (Wildman–Crippen MR) is 83.0 cm³/mol. The second-order valence-corrected chi connectivity index (χ2v) is 6.52. The summed E-state index contributed by atoms with van der Waals surface area (Å²) in [7, 11) is 0. The van der Waals surface area contributed by atoms with Crippen LogP contribution in [0, 0.1) is 0 Å². The molecule has 1 spiro atoms. The Labute approximate surface area is 124 Å². The van der Waals surface area contributed by atoms with Gasteiger partial charge in [0.1, 0.15) is 17.8 Å². The van der Waals surface area contributed by atoms with Gasteiger partial charge in [-0.2, -0.15) is 0 Å². The number of hydrazine groups is 1.